The molecule has 7 heteroatoms. The molecule has 0 atom stereocenters. The fourth-order valence-corrected chi connectivity index (χ4v) is 2.86. The van der Waals surface area contributed by atoms with Gasteiger partial charge in [-0.15, -0.1) is 0 Å². The Balaban J connectivity index is 1.91. The van der Waals surface area contributed by atoms with Crippen LogP contribution >= 0.6 is 0 Å². The van der Waals surface area contributed by atoms with E-state index in [2.05, 4.69) is 10.6 Å². The van der Waals surface area contributed by atoms with Crippen molar-refractivity contribution in [3.63, 3.8) is 0 Å². The molecular weight excluding hydrogens is 370 g/mol. The van der Waals surface area contributed by atoms with Crippen molar-refractivity contribution in [2.24, 2.45) is 0 Å². The van der Waals surface area contributed by atoms with Crippen molar-refractivity contribution in [3.8, 4) is 0 Å². The number of nitrogens with zero attached hydrogens (tertiary/aromatic N) is 1. The molecule has 2 amide bonds. The Hall–Kier alpha value is -3.19. The number of nitrogens with one attached hydrogen (secondary N) is 2. The van der Waals surface area contributed by atoms with Crippen LogP contribution in [-0.4, -0.2) is 49.4 Å². The summed E-state index contributed by atoms with van der Waals surface area (Å²) in [5.41, 5.74) is 2.50. The summed E-state index contributed by atoms with van der Waals surface area (Å²) >= 11 is 0. The van der Waals surface area contributed by atoms with Crippen molar-refractivity contribution >= 4 is 29.2 Å². The van der Waals surface area contributed by atoms with Crippen molar-refractivity contribution in [1.29, 1.82) is 0 Å². The minimum atomic E-state index is -0.495. The number of amides is 2. The van der Waals surface area contributed by atoms with Crippen LogP contribution in [0.5, 0.6) is 0 Å². The first-order valence-corrected chi connectivity index (χ1v) is 9.56. The molecule has 0 aliphatic heterocycles. The summed E-state index contributed by atoms with van der Waals surface area (Å²) in [7, 11) is 1.68. The van der Waals surface area contributed by atoms with E-state index in [0.29, 0.717) is 11.3 Å². The lowest BCUT2D eigenvalue weighted by Crippen LogP contribution is -2.36. The summed E-state index contributed by atoms with van der Waals surface area (Å²) in [6.07, 6.45) is 0.814. The first-order valence-electron chi connectivity index (χ1n) is 9.56. The maximum atomic E-state index is 12.4. The van der Waals surface area contributed by atoms with Gasteiger partial charge in [0.15, 0.2) is 0 Å². The van der Waals surface area contributed by atoms with Gasteiger partial charge in [-0.1, -0.05) is 37.3 Å². The SMILES string of the molecule is CCOC(=O)c1ccccc1NC(=O)CN(C)CC(=O)Nc1ccccc1CC. The third-order valence-electron chi connectivity index (χ3n) is 4.20. The standard InChI is InChI=1S/C22H27N3O4/c1-4-16-10-6-8-12-18(16)23-20(26)14-25(3)15-21(27)24-19-13-9-7-11-17(19)22(28)29-5-2/h6-13H,4-5,14-15H2,1-3H3,(H,23,26)(H,24,27). The number of rotatable bonds is 9. The lowest BCUT2D eigenvalue weighted by atomic mass is 10.1. The summed E-state index contributed by atoms with van der Waals surface area (Å²) < 4.78 is 5.01. The molecule has 154 valence electrons. The Labute approximate surface area is 171 Å². The van der Waals surface area contributed by atoms with Gasteiger partial charge in [0.25, 0.3) is 0 Å². The van der Waals surface area contributed by atoms with Gasteiger partial charge in [-0.2, -0.15) is 0 Å². The number of carbonyl (C=O) groups excluding carboxylic acids is 3. The smallest absolute Gasteiger partial charge is 0.340 e. The maximum Gasteiger partial charge on any atom is 0.340 e. The molecule has 0 bridgehead atoms. The molecule has 0 aliphatic rings. The first-order chi connectivity index (χ1) is 13.9. The number of aryl methyl sites for hydroxylation is 1. The zero-order chi connectivity index (χ0) is 21.2. The number of anilines is 2. The highest BCUT2D eigenvalue weighted by atomic mass is 16.5. The Morgan fingerprint density at radius 1 is 0.862 bits per heavy atom. The van der Waals surface area contributed by atoms with E-state index in [4.69, 9.17) is 4.74 Å². The molecule has 0 saturated carbocycles. The Morgan fingerprint density at radius 2 is 1.41 bits per heavy atom. The molecular formula is C22H27N3O4. The van der Waals surface area contributed by atoms with Crippen molar-refractivity contribution in [2.45, 2.75) is 20.3 Å². The monoisotopic (exact) mass is 397 g/mol. The van der Waals surface area contributed by atoms with E-state index in [-0.39, 0.29) is 31.5 Å². The Bertz CT molecular complexity index is 867. The Kier molecular flexibility index (Phi) is 8.36. The number of ether oxygens (including phenoxy) is 1. The molecule has 0 saturated heterocycles. The number of esters is 1. The molecule has 2 rings (SSSR count). The molecule has 2 aromatic carbocycles. The molecule has 2 N–H and O–H groups in total. The van der Waals surface area contributed by atoms with Gasteiger partial charge in [0.2, 0.25) is 11.8 Å². The number of likely N-dealkylation sites (N-methyl/N-ethyl adjacent to an activating group) is 1. The average molecular weight is 397 g/mol. The van der Waals surface area contributed by atoms with E-state index in [1.807, 2.05) is 31.2 Å². The number of carbonyl (C=O) groups is 3. The zero-order valence-corrected chi connectivity index (χ0v) is 17.0. The number of hydrogen-bond acceptors (Lipinski definition) is 5. The molecule has 29 heavy (non-hydrogen) atoms. The highest BCUT2D eigenvalue weighted by Gasteiger charge is 2.16. The topological polar surface area (TPSA) is 87.7 Å². The molecule has 2 aromatic rings. The summed E-state index contributed by atoms with van der Waals surface area (Å²) in [6, 6.07) is 14.3. The normalized spacial score (nSPS) is 10.5. The lowest BCUT2D eigenvalue weighted by Gasteiger charge is -2.17. The minimum Gasteiger partial charge on any atom is -0.462 e. The van der Waals surface area contributed by atoms with E-state index in [9.17, 15) is 14.4 Å². The second kappa shape index (κ2) is 11.0. The van der Waals surface area contributed by atoms with Gasteiger partial charge in [0.05, 0.1) is 30.9 Å². The molecule has 0 fully saturated rings. The molecule has 0 heterocycles. The van der Waals surface area contributed by atoms with Gasteiger partial charge in [-0.3, -0.25) is 14.5 Å². The van der Waals surface area contributed by atoms with Gasteiger partial charge in [-0.25, -0.2) is 4.79 Å². The number of benzene rings is 2. The summed E-state index contributed by atoms with van der Waals surface area (Å²) in [5.74, 6) is -1.02. The molecule has 0 unspecified atom stereocenters. The van der Waals surface area contributed by atoms with E-state index in [0.717, 1.165) is 17.7 Å². The van der Waals surface area contributed by atoms with E-state index >= 15 is 0 Å². The third kappa shape index (κ3) is 6.73. The van der Waals surface area contributed by atoms with E-state index < -0.39 is 5.97 Å². The molecule has 0 radical (unpaired) electrons. The fourth-order valence-electron chi connectivity index (χ4n) is 2.86. The van der Waals surface area contributed by atoms with Gasteiger partial charge in [0, 0.05) is 5.69 Å². The predicted octanol–water partition coefficient (Wildman–Crippen LogP) is 2.93. The summed E-state index contributed by atoms with van der Waals surface area (Å²) in [5, 5.41) is 5.59. The molecule has 7 nitrogen and oxygen atoms in total. The van der Waals surface area contributed by atoms with Crippen LogP contribution in [0.1, 0.15) is 29.8 Å². The Morgan fingerprint density at radius 3 is 2.03 bits per heavy atom. The van der Waals surface area contributed by atoms with Crippen LogP contribution in [0.2, 0.25) is 0 Å². The minimum absolute atomic E-state index is 0.00000425. The molecule has 0 spiro atoms. The van der Waals surface area contributed by atoms with Gasteiger partial charge in [-0.05, 0) is 44.2 Å². The summed E-state index contributed by atoms with van der Waals surface area (Å²) in [6.45, 7) is 4.05. The predicted molar refractivity (Wildman–Crippen MR) is 113 cm³/mol. The largest absolute Gasteiger partial charge is 0.462 e. The molecule has 0 aliphatic carbocycles. The van der Waals surface area contributed by atoms with Crippen LogP contribution in [0.3, 0.4) is 0 Å². The van der Waals surface area contributed by atoms with Crippen LogP contribution in [0.4, 0.5) is 11.4 Å². The fraction of sp³-hybridized carbons (Fsp3) is 0.318. The first kappa shape index (κ1) is 22.1. The quantitative estimate of drug-likeness (QED) is 0.635. The maximum absolute atomic E-state index is 12.4. The van der Waals surface area contributed by atoms with Crippen LogP contribution < -0.4 is 10.6 Å². The van der Waals surface area contributed by atoms with Crippen LogP contribution in [-0.2, 0) is 20.7 Å². The van der Waals surface area contributed by atoms with Gasteiger partial charge < -0.3 is 15.4 Å². The lowest BCUT2D eigenvalue weighted by molar-refractivity contribution is -0.119. The van der Waals surface area contributed by atoms with Crippen molar-refractivity contribution in [2.75, 3.05) is 37.4 Å². The highest BCUT2D eigenvalue weighted by Crippen LogP contribution is 2.17. The zero-order valence-electron chi connectivity index (χ0n) is 17.0. The van der Waals surface area contributed by atoms with Crippen molar-refractivity contribution in [1.82, 2.24) is 4.90 Å². The second-order valence-electron chi connectivity index (χ2n) is 6.55. The van der Waals surface area contributed by atoms with Crippen LogP contribution in [0.15, 0.2) is 48.5 Å². The van der Waals surface area contributed by atoms with Crippen molar-refractivity contribution in [3.05, 3.63) is 59.7 Å². The van der Waals surface area contributed by atoms with Gasteiger partial charge in [0.1, 0.15) is 0 Å². The van der Waals surface area contributed by atoms with E-state index in [1.54, 1.807) is 43.1 Å². The van der Waals surface area contributed by atoms with Crippen molar-refractivity contribution < 1.29 is 19.1 Å². The number of para-hydroxylation sites is 2. The van der Waals surface area contributed by atoms with Crippen LogP contribution in [0.25, 0.3) is 0 Å². The number of hydrogen-bond donors (Lipinski definition) is 2. The van der Waals surface area contributed by atoms with E-state index in [1.165, 1.54) is 0 Å². The third-order valence-corrected chi connectivity index (χ3v) is 4.20. The average Bonchev–Trinajstić information content (AvgIpc) is 2.68. The van der Waals surface area contributed by atoms with Gasteiger partial charge >= 0.3 is 5.97 Å². The summed E-state index contributed by atoms with van der Waals surface area (Å²) in [4.78, 5) is 38.3. The second-order valence-corrected chi connectivity index (χ2v) is 6.55. The highest BCUT2D eigenvalue weighted by molar-refractivity contribution is 6.02. The molecule has 0 aromatic heterocycles. The van der Waals surface area contributed by atoms with Crippen LogP contribution in [0, 0.1) is 0 Å².